The number of hydrogen-bond donors (Lipinski definition) is 2. The summed E-state index contributed by atoms with van der Waals surface area (Å²) in [5.41, 5.74) is 0. The zero-order valence-electron chi connectivity index (χ0n) is 7.26. The topological polar surface area (TPSA) is 57.5 Å². The Labute approximate surface area is 77.5 Å². The van der Waals surface area contributed by atoms with Gasteiger partial charge in [0.05, 0.1) is 0 Å². The quantitative estimate of drug-likeness (QED) is 0.712. The summed E-state index contributed by atoms with van der Waals surface area (Å²) < 4.78 is 11.6. The van der Waals surface area contributed by atoms with Crippen LogP contribution >= 0.6 is 7.37 Å². The van der Waals surface area contributed by atoms with Gasteiger partial charge in [0.15, 0.2) is 0 Å². The van der Waals surface area contributed by atoms with Crippen LogP contribution in [-0.4, -0.2) is 22.8 Å². The van der Waals surface area contributed by atoms with Crippen molar-refractivity contribution in [2.24, 2.45) is 0 Å². The maximum Gasteiger partial charge on any atom is 0.229 e. The minimum absolute atomic E-state index is 0.0443. The second kappa shape index (κ2) is 4.56. The van der Waals surface area contributed by atoms with Gasteiger partial charge in [-0.1, -0.05) is 18.2 Å². The van der Waals surface area contributed by atoms with Gasteiger partial charge in [0.2, 0.25) is 7.37 Å². The van der Waals surface area contributed by atoms with E-state index in [-0.39, 0.29) is 12.8 Å². The minimum Gasteiger partial charge on any atom is -0.396 e. The van der Waals surface area contributed by atoms with Gasteiger partial charge >= 0.3 is 0 Å². The van der Waals surface area contributed by atoms with E-state index in [1.165, 1.54) is 0 Å². The van der Waals surface area contributed by atoms with Crippen molar-refractivity contribution < 1.29 is 14.6 Å². The van der Waals surface area contributed by atoms with Crippen LogP contribution in [0, 0.1) is 0 Å². The fourth-order valence-electron chi connectivity index (χ4n) is 1.08. The summed E-state index contributed by atoms with van der Waals surface area (Å²) in [6, 6.07) is 8.54. The molecule has 3 nitrogen and oxygen atoms in total. The SMILES string of the molecule is O=P(O)(CCCO)c1ccccc1. The van der Waals surface area contributed by atoms with E-state index in [0.717, 1.165) is 0 Å². The molecule has 0 aliphatic rings. The maximum atomic E-state index is 11.6. The molecular weight excluding hydrogens is 187 g/mol. The third kappa shape index (κ3) is 2.96. The Morgan fingerprint density at radius 3 is 2.38 bits per heavy atom. The molecule has 0 aliphatic heterocycles. The number of hydrogen-bond acceptors (Lipinski definition) is 2. The Morgan fingerprint density at radius 2 is 1.85 bits per heavy atom. The average molecular weight is 200 g/mol. The highest BCUT2D eigenvalue weighted by Crippen LogP contribution is 2.39. The average Bonchev–Trinajstić information content (AvgIpc) is 2.16. The van der Waals surface area contributed by atoms with Crippen LogP contribution in [0.5, 0.6) is 0 Å². The number of aliphatic hydroxyl groups excluding tert-OH is 1. The molecule has 13 heavy (non-hydrogen) atoms. The molecule has 72 valence electrons. The molecule has 0 aromatic heterocycles. The van der Waals surface area contributed by atoms with Gasteiger partial charge in [0, 0.05) is 18.1 Å². The van der Waals surface area contributed by atoms with Crippen molar-refractivity contribution in [3.05, 3.63) is 30.3 Å². The van der Waals surface area contributed by atoms with Gasteiger partial charge < -0.3 is 10.00 Å². The predicted octanol–water partition coefficient (Wildman–Crippen LogP) is 0.965. The molecule has 1 aromatic rings. The Hall–Kier alpha value is -0.630. The molecule has 0 saturated heterocycles. The van der Waals surface area contributed by atoms with Gasteiger partial charge in [-0.25, -0.2) is 0 Å². The first kappa shape index (κ1) is 10.5. The number of benzene rings is 1. The second-order valence-electron chi connectivity index (χ2n) is 2.84. The van der Waals surface area contributed by atoms with Crippen LogP contribution in [0.1, 0.15) is 6.42 Å². The van der Waals surface area contributed by atoms with Crippen molar-refractivity contribution in [2.75, 3.05) is 12.8 Å². The number of aliphatic hydroxyl groups is 1. The van der Waals surface area contributed by atoms with E-state index in [0.29, 0.717) is 11.7 Å². The van der Waals surface area contributed by atoms with Crippen molar-refractivity contribution in [3.63, 3.8) is 0 Å². The summed E-state index contributed by atoms with van der Waals surface area (Å²) in [5, 5.41) is 9.01. The third-order valence-corrected chi connectivity index (χ3v) is 3.81. The molecule has 0 amide bonds. The molecule has 1 aromatic carbocycles. The van der Waals surface area contributed by atoms with Crippen LogP contribution in [0.4, 0.5) is 0 Å². The Balaban J connectivity index is 2.76. The molecule has 0 heterocycles. The summed E-state index contributed by atoms with van der Waals surface area (Å²) in [6.45, 7) is -0.0443. The third-order valence-electron chi connectivity index (χ3n) is 1.78. The van der Waals surface area contributed by atoms with E-state index in [1.807, 2.05) is 0 Å². The normalized spacial score (nSPS) is 15.2. The van der Waals surface area contributed by atoms with Gasteiger partial charge in [-0.2, -0.15) is 0 Å². The molecule has 2 N–H and O–H groups in total. The van der Waals surface area contributed by atoms with Crippen LogP contribution in [0.3, 0.4) is 0 Å². The Bertz CT molecular complexity index is 297. The van der Waals surface area contributed by atoms with Crippen molar-refractivity contribution in [2.45, 2.75) is 6.42 Å². The van der Waals surface area contributed by atoms with Gasteiger partial charge in [-0.3, -0.25) is 4.57 Å². The van der Waals surface area contributed by atoms with E-state index < -0.39 is 7.37 Å². The lowest BCUT2D eigenvalue weighted by molar-refractivity contribution is 0.294. The molecule has 0 aliphatic carbocycles. The molecule has 1 atom stereocenters. The minimum atomic E-state index is -3.22. The molecule has 0 fully saturated rings. The van der Waals surface area contributed by atoms with Crippen molar-refractivity contribution >= 4 is 12.7 Å². The molecule has 0 spiro atoms. The lowest BCUT2D eigenvalue weighted by Crippen LogP contribution is -2.07. The molecule has 4 heteroatoms. The van der Waals surface area contributed by atoms with E-state index >= 15 is 0 Å². The Morgan fingerprint density at radius 1 is 1.23 bits per heavy atom. The molecule has 0 bridgehead atoms. The van der Waals surface area contributed by atoms with Gasteiger partial charge in [-0.15, -0.1) is 0 Å². The zero-order chi connectivity index (χ0) is 9.73. The largest absolute Gasteiger partial charge is 0.396 e. The standard InChI is InChI=1S/C9H13O3P/c10-7-4-8-13(11,12)9-5-2-1-3-6-9/h1-3,5-6,10H,4,7-8H2,(H,11,12). The summed E-state index contributed by atoms with van der Waals surface area (Å²) in [7, 11) is -3.22. The first-order valence-corrected chi connectivity index (χ1v) is 5.99. The summed E-state index contributed by atoms with van der Waals surface area (Å²) >= 11 is 0. The van der Waals surface area contributed by atoms with Crippen molar-refractivity contribution in [3.8, 4) is 0 Å². The van der Waals surface area contributed by atoms with Gasteiger partial charge in [-0.05, 0) is 18.6 Å². The fourth-order valence-corrected chi connectivity index (χ4v) is 2.54. The van der Waals surface area contributed by atoms with Crippen molar-refractivity contribution in [1.29, 1.82) is 0 Å². The van der Waals surface area contributed by atoms with Crippen LogP contribution in [0.15, 0.2) is 30.3 Å². The smallest absolute Gasteiger partial charge is 0.229 e. The van der Waals surface area contributed by atoms with E-state index in [2.05, 4.69) is 0 Å². The van der Waals surface area contributed by atoms with Gasteiger partial charge in [0.25, 0.3) is 0 Å². The first-order chi connectivity index (χ1) is 6.17. The first-order valence-electron chi connectivity index (χ1n) is 4.15. The highest BCUT2D eigenvalue weighted by molar-refractivity contribution is 7.66. The molecule has 1 unspecified atom stereocenters. The van der Waals surface area contributed by atoms with E-state index in [4.69, 9.17) is 5.11 Å². The van der Waals surface area contributed by atoms with E-state index in [9.17, 15) is 9.46 Å². The fraction of sp³-hybridized carbons (Fsp3) is 0.333. The van der Waals surface area contributed by atoms with Crippen LogP contribution in [-0.2, 0) is 4.57 Å². The maximum absolute atomic E-state index is 11.6. The van der Waals surface area contributed by atoms with Crippen LogP contribution in [0.2, 0.25) is 0 Å². The summed E-state index contributed by atoms with van der Waals surface area (Å²) in [5.74, 6) is 0. The van der Waals surface area contributed by atoms with Crippen molar-refractivity contribution in [1.82, 2.24) is 0 Å². The zero-order valence-corrected chi connectivity index (χ0v) is 8.15. The van der Waals surface area contributed by atoms with Crippen LogP contribution in [0.25, 0.3) is 0 Å². The monoisotopic (exact) mass is 200 g/mol. The lowest BCUT2D eigenvalue weighted by atomic mass is 10.4. The molecular formula is C9H13O3P. The number of rotatable bonds is 4. The van der Waals surface area contributed by atoms with Crippen LogP contribution < -0.4 is 5.30 Å². The predicted molar refractivity (Wildman–Crippen MR) is 52.5 cm³/mol. The summed E-state index contributed by atoms with van der Waals surface area (Å²) in [6.07, 6.45) is 0.510. The molecule has 0 saturated carbocycles. The Kier molecular flexibility index (Phi) is 3.67. The van der Waals surface area contributed by atoms with E-state index in [1.54, 1.807) is 30.3 Å². The summed E-state index contributed by atoms with van der Waals surface area (Å²) in [4.78, 5) is 9.56. The van der Waals surface area contributed by atoms with Gasteiger partial charge in [0.1, 0.15) is 0 Å². The highest BCUT2D eigenvalue weighted by Gasteiger charge is 2.19. The molecule has 0 radical (unpaired) electrons. The second-order valence-corrected chi connectivity index (χ2v) is 5.20. The molecule has 1 rings (SSSR count). The highest BCUT2D eigenvalue weighted by atomic mass is 31.2. The lowest BCUT2D eigenvalue weighted by Gasteiger charge is -2.10.